The topological polar surface area (TPSA) is 107 Å². The first kappa shape index (κ1) is 13.7. The van der Waals surface area contributed by atoms with Crippen molar-refractivity contribution in [2.75, 3.05) is 6.54 Å². The fourth-order valence-corrected chi connectivity index (χ4v) is 0.859. The van der Waals surface area contributed by atoms with E-state index in [0.29, 0.717) is 0 Å². The van der Waals surface area contributed by atoms with Crippen LogP contribution in [0.3, 0.4) is 0 Å². The number of alkyl carbamates (subject to hydrolysis) is 1. The Morgan fingerprint density at radius 3 is 2.33 bits per heavy atom. The molecule has 2 amide bonds. The molecule has 0 fully saturated rings. The predicted molar refractivity (Wildman–Crippen MR) is 56.0 cm³/mol. The average Bonchev–Trinajstić information content (AvgIpc) is 1.96. The number of amides is 2. The molecule has 0 aromatic heterocycles. The molecule has 0 rings (SSSR count). The normalized spacial score (nSPS) is 13.1. The molecule has 6 heteroatoms. The summed E-state index contributed by atoms with van der Waals surface area (Å²) in [5.74, 6) is -0.492. The van der Waals surface area contributed by atoms with Crippen molar-refractivity contribution in [1.82, 2.24) is 5.32 Å². The molecule has 0 aliphatic heterocycles. The summed E-state index contributed by atoms with van der Waals surface area (Å²) in [6.45, 7) is 5.44. The third kappa shape index (κ3) is 9.01. The van der Waals surface area contributed by atoms with Crippen LogP contribution in [0.1, 0.15) is 27.2 Å². The van der Waals surface area contributed by atoms with Crippen molar-refractivity contribution in [2.24, 2.45) is 11.5 Å². The largest absolute Gasteiger partial charge is 0.444 e. The van der Waals surface area contributed by atoms with Crippen LogP contribution in [0.5, 0.6) is 0 Å². The van der Waals surface area contributed by atoms with Gasteiger partial charge < -0.3 is 21.5 Å². The number of hydrogen-bond acceptors (Lipinski definition) is 4. The number of ether oxygens (including phenoxy) is 1. The van der Waals surface area contributed by atoms with Gasteiger partial charge in [-0.25, -0.2) is 4.79 Å². The van der Waals surface area contributed by atoms with Gasteiger partial charge in [0.15, 0.2) is 0 Å². The maximum atomic E-state index is 11.1. The summed E-state index contributed by atoms with van der Waals surface area (Å²) in [5.41, 5.74) is 9.91. The van der Waals surface area contributed by atoms with Crippen LogP contribution in [-0.2, 0) is 9.53 Å². The number of nitrogens with one attached hydrogen (secondary N) is 1. The van der Waals surface area contributed by atoms with Crippen LogP contribution in [0, 0.1) is 0 Å². The lowest BCUT2D eigenvalue weighted by Gasteiger charge is -2.20. The molecule has 1 atom stereocenters. The monoisotopic (exact) mass is 217 g/mol. The third-order valence-electron chi connectivity index (χ3n) is 1.37. The van der Waals surface area contributed by atoms with E-state index in [4.69, 9.17) is 16.2 Å². The Labute approximate surface area is 89.3 Å². The maximum Gasteiger partial charge on any atom is 0.407 e. The van der Waals surface area contributed by atoms with E-state index in [0.717, 1.165) is 0 Å². The maximum absolute atomic E-state index is 11.1. The highest BCUT2D eigenvalue weighted by Gasteiger charge is 2.16. The molecule has 0 saturated heterocycles. The molecule has 0 saturated carbocycles. The van der Waals surface area contributed by atoms with Gasteiger partial charge in [0.25, 0.3) is 0 Å². The van der Waals surface area contributed by atoms with Gasteiger partial charge in [-0.1, -0.05) is 0 Å². The van der Waals surface area contributed by atoms with Gasteiger partial charge in [0, 0.05) is 19.0 Å². The van der Waals surface area contributed by atoms with Crippen molar-refractivity contribution in [3.05, 3.63) is 0 Å². The van der Waals surface area contributed by atoms with Crippen molar-refractivity contribution in [3.8, 4) is 0 Å². The third-order valence-corrected chi connectivity index (χ3v) is 1.37. The lowest BCUT2D eigenvalue weighted by atomic mass is 10.2. The molecule has 0 bridgehead atoms. The van der Waals surface area contributed by atoms with Gasteiger partial charge >= 0.3 is 6.09 Å². The molecule has 1 unspecified atom stereocenters. The highest BCUT2D eigenvalue weighted by atomic mass is 16.6. The van der Waals surface area contributed by atoms with Crippen LogP contribution in [0.25, 0.3) is 0 Å². The predicted octanol–water partition coefficient (Wildman–Crippen LogP) is -0.286. The first-order valence-corrected chi connectivity index (χ1v) is 4.71. The van der Waals surface area contributed by atoms with E-state index < -0.39 is 23.6 Å². The Morgan fingerprint density at radius 2 is 1.93 bits per heavy atom. The van der Waals surface area contributed by atoms with E-state index in [-0.39, 0.29) is 13.0 Å². The zero-order valence-electron chi connectivity index (χ0n) is 9.37. The van der Waals surface area contributed by atoms with Crippen LogP contribution in [0.4, 0.5) is 4.79 Å². The van der Waals surface area contributed by atoms with Gasteiger partial charge in [0.05, 0.1) is 0 Å². The molecular formula is C9H19N3O3. The molecule has 0 aliphatic carbocycles. The molecule has 0 aromatic rings. The summed E-state index contributed by atoms with van der Waals surface area (Å²) in [7, 11) is 0. The number of carbonyl (C=O) groups excluding carboxylic acids is 2. The van der Waals surface area contributed by atoms with Crippen LogP contribution < -0.4 is 16.8 Å². The van der Waals surface area contributed by atoms with E-state index in [1.165, 1.54) is 0 Å². The Kier molecular flexibility index (Phi) is 5.07. The fourth-order valence-electron chi connectivity index (χ4n) is 0.859. The molecule has 0 aromatic carbocycles. The van der Waals surface area contributed by atoms with Gasteiger partial charge in [-0.2, -0.15) is 0 Å². The Bertz CT molecular complexity index is 235. The van der Waals surface area contributed by atoms with Gasteiger partial charge in [-0.15, -0.1) is 0 Å². The number of carbonyl (C=O) groups is 2. The number of primary amides is 1. The highest BCUT2D eigenvalue weighted by molar-refractivity contribution is 5.74. The molecule has 15 heavy (non-hydrogen) atoms. The standard InChI is InChI=1S/C9H19N3O3/c1-9(2,3)15-8(14)12-5-6(10)4-7(11)13/h6H,4-5,10H2,1-3H3,(H2,11,13)(H,12,14). The van der Waals surface area contributed by atoms with Crippen LogP contribution in [0.2, 0.25) is 0 Å². The average molecular weight is 217 g/mol. The first-order chi connectivity index (χ1) is 6.70. The minimum atomic E-state index is -0.553. The Morgan fingerprint density at radius 1 is 1.40 bits per heavy atom. The summed E-state index contributed by atoms with van der Waals surface area (Å²) in [4.78, 5) is 21.6. The van der Waals surface area contributed by atoms with E-state index in [2.05, 4.69) is 5.32 Å². The molecule has 0 heterocycles. The number of hydrogen-bond donors (Lipinski definition) is 3. The second-order valence-electron chi connectivity index (χ2n) is 4.31. The summed E-state index contributed by atoms with van der Waals surface area (Å²) in [6, 6.07) is -0.477. The molecule has 0 aliphatic rings. The lowest BCUT2D eigenvalue weighted by Crippen LogP contribution is -2.41. The molecular weight excluding hydrogens is 198 g/mol. The van der Waals surface area contributed by atoms with Crippen LogP contribution >= 0.6 is 0 Å². The Balaban J connectivity index is 3.76. The second kappa shape index (κ2) is 5.55. The zero-order valence-corrected chi connectivity index (χ0v) is 9.37. The van der Waals surface area contributed by atoms with Crippen molar-refractivity contribution in [3.63, 3.8) is 0 Å². The van der Waals surface area contributed by atoms with Crippen molar-refractivity contribution in [1.29, 1.82) is 0 Å². The number of nitrogens with two attached hydrogens (primary N) is 2. The Hall–Kier alpha value is -1.30. The fraction of sp³-hybridized carbons (Fsp3) is 0.778. The SMILES string of the molecule is CC(C)(C)OC(=O)NCC(N)CC(N)=O. The minimum Gasteiger partial charge on any atom is -0.444 e. The van der Waals surface area contributed by atoms with Crippen LogP contribution in [0.15, 0.2) is 0 Å². The summed E-state index contributed by atoms with van der Waals surface area (Å²) >= 11 is 0. The van der Waals surface area contributed by atoms with E-state index in [9.17, 15) is 9.59 Å². The first-order valence-electron chi connectivity index (χ1n) is 4.71. The highest BCUT2D eigenvalue weighted by Crippen LogP contribution is 2.06. The van der Waals surface area contributed by atoms with E-state index in [1.54, 1.807) is 20.8 Å². The second-order valence-corrected chi connectivity index (χ2v) is 4.31. The van der Waals surface area contributed by atoms with Gasteiger partial charge in [-0.05, 0) is 20.8 Å². The lowest BCUT2D eigenvalue weighted by molar-refractivity contribution is -0.118. The summed E-state index contributed by atoms with van der Waals surface area (Å²) in [6.07, 6.45) is -0.516. The summed E-state index contributed by atoms with van der Waals surface area (Å²) < 4.78 is 4.97. The number of rotatable bonds is 4. The van der Waals surface area contributed by atoms with Crippen molar-refractivity contribution >= 4 is 12.0 Å². The van der Waals surface area contributed by atoms with Gasteiger partial charge in [0.1, 0.15) is 5.60 Å². The van der Waals surface area contributed by atoms with Crippen molar-refractivity contribution < 1.29 is 14.3 Å². The van der Waals surface area contributed by atoms with Gasteiger partial charge in [-0.3, -0.25) is 4.79 Å². The molecule has 88 valence electrons. The zero-order chi connectivity index (χ0) is 12.1. The van der Waals surface area contributed by atoms with Crippen LogP contribution in [-0.4, -0.2) is 30.2 Å². The minimum absolute atomic E-state index is 0.0375. The smallest absolute Gasteiger partial charge is 0.407 e. The molecule has 5 N–H and O–H groups in total. The van der Waals surface area contributed by atoms with E-state index >= 15 is 0 Å². The molecule has 0 radical (unpaired) electrons. The summed E-state index contributed by atoms with van der Waals surface area (Å²) in [5, 5.41) is 2.45. The molecule has 6 nitrogen and oxygen atoms in total. The quantitative estimate of drug-likeness (QED) is 0.601. The molecule has 0 spiro atoms. The van der Waals surface area contributed by atoms with Gasteiger partial charge in [0.2, 0.25) is 5.91 Å². The van der Waals surface area contributed by atoms with Crippen molar-refractivity contribution in [2.45, 2.75) is 38.8 Å². The van der Waals surface area contributed by atoms with E-state index in [1.807, 2.05) is 0 Å².